The van der Waals surface area contributed by atoms with Crippen molar-refractivity contribution in [3.8, 4) is 5.75 Å². The van der Waals surface area contributed by atoms with E-state index in [0.717, 1.165) is 17.0 Å². The molecule has 0 saturated carbocycles. The molecule has 7 heteroatoms. The summed E-state index contributed by atoms with van der Waals surface area (Å²) in [4.78, 5) is 24.7. The molecule has 132 valence electrons. The highest BCUT2D eigenvalue weighted by Gasteiger charge is 2.40. The minimum atomic E-state index is -0.444. The number of esters is 1. The van der Waals surface area contributed by atoms with E-state index in [1.54, 1.807) is 18.3 Å². The van der Waals surface area contributed by atoms with Gasteiger partial charge in [-0.2, -0.15) is 0 Å². The number of para-hydroxylation sites is 2. The molecule has 0 aliphatic carbocycles. The SMILES string of the molecule is COC(=O)C1=CN2c3ccccc3O[C@@H]2C[C@H]1c1ccc([N+](=O)[O-])cc1. The van der Waals surface area contributed by atoms with E-state index in [0.29, 0.717) is 12.0 Å². The number of non-ortho nitro benzene ring substituents is 1. The van der Waals surface area contributed by atoms with E-state index in [1.807, 2.05) is 29.2 Å². The lowest BCUT2D eigenvalue weighted by molar-refractivity contribution is -0.384. The molecule has 7 nitrogen and oxygen atoms in total. The van der Waals surface area contributed by atoms with Crippen LogP contribution < -0.4 is 9.64 Å². The van der Waals surface area contributed by atoms with Crippen molar-refractivity contribution in [2.24, 2.45) is 0 Å². The second-order valence-electron chi connectivity index (χ2n) is 6.16. The molecule has 0 fully saturated rings. The Morgan fingerprint density at radius 2 is 1.96 bits per heavy atom. The van der Waals surface area contributed by atoms with Crippen LogP contribution in [0, 0.1) is 10.1 Å². The number of anilines is 1. The molecule has 0 bridgehead atoms. The first-order valence-corrected chi connectivity index (χ1v) is 8.17. The summed E-state index contributed by atoms with van der Waals surface area (Å²) in [5.74, 6) is 0.0808. The van der Waals surface area contributed by atoms with Gasteiger partial charge >= 0.3 is 5.97 Å². The molecule has 2 aromatic rings. The molecule has 0 aromatic heterocycles. The van der Waals surface area contributed by atoms with E-state index < -0.39 is 10.9 Å². The lowest BCUT2D eigenvalue weighted by atomic mass is 9.85. The third-order valence-electron chi connectivity index (χ3n) is 4.73. The van der Waals surface area contributed by atoms with Gasteiger partial charge in [0.15, 0.2) is 6.23 Å². The average Bonchev–Trinajstić information content (AvgIpc) is 3.04. The fraction of sp³-hybridized carbons (Fsp3) is 0.211. The van der Waals surface area contributed by atoms with Crippen LogP contribution in [0.25, 0.3) is 0 Å². The largest absolute Gasteiger partial charge is 0.468 e. The minimum Gasteiger partial charge on any atom is -0.468 e. The highest BCUT2D eigenvalue weighted by atomic mass is 16.6. The molecule has 2 aromatic carbocycles. The number of benzene rings is 2. The van der Waals surface area contributed by atoms with Gasteiger partial charge in [-0.05, 0) is 17.7 Å². The van der Waals surface area contributed by atoms with Crippen LogP contribution in [0.3, 0.4) is 0 Å². The number of carbonyl (C=O) groups excluding carboxylic acids is 1. The molecular formula is C19H16N2O5. The zero-order chi connectivity index (χ0) is 18.3. The Hall–Kier alpha value is -3.35. The Morgan fingerprint density at radius 3 is 2.65 bits per heavy atom. The van der Waals surface area contributed by atoms with E-state index in [4.69, 9.17) is 9.47 Å². The Labute approximate surface area is 149 Å². The summed E-state index contributed by atoms with van der Waals surface area (Å²) in [5.41, 5.74) is 2.23. The molecule has 2 aliphatic rings. The second-order valence-corrected chi connectivity index (χ2v) is 6.16. The number of fused-ring (bicyclic) bond motifs is 3. The first-order chi connectivity index (χ1) is 12.6. The zero-order valence-corrected chi connectivity index (χ0v) is 14.0. The lowest BCUT2D eigenvalue weighted by Gasteiger charge is -2.33. The van der Waals surface area contributed by atoms with Crippen LogP contribution in [0.2, 0.25) is 0 Å². The minimum absolute atomic E-state index is 0.0132. The first-order valence-electron chi connectivity index (χ1n) is 8.17. The number of rotatable bonds is 3. The van der Waals surface area contributed by atoms with Crippen molar-refractivity contribution < 1.29 is 19.2 Å². The molecule has 0 N–H and O–H groups in total. The zero-order valence-electron chi connectivity index (χ0n) is 14.0. The summed E-state index contributed by atoms with van der Waals surface area (Å²) in [7, 11) is 1.34. The summed E-state index contributed by atoms with van der Waals surface area (Å²) in [6.45, 7) is 0. The normalized spacial score (nSPS) is 20.5. The fourth-order valence-corrected chi connectivity index (χ4v) is 3.47. The summed E-state index contributed by atoms with van der Waals surface area (Å²) in [6, 6.07) is 13.9. The van der Waals surface area contributed by atoms with E-state index in [-0.39, 0.29) is 17.8 Å². The second kappa shape index (κ2) is 6.18. The Kier molecular flexibility index (Phi) is 3.84. The molecule has 0 radical (unpaired) electrons. The number of hydrogen-bond acceptors (Lipinski definition) is 6. The molecule has 0 spiro atoms. The average molecular weight is 352 g/mol. The highest BCUT2D eigenvalue weighted by molar-refractivity contribution is 5.91. The fourth-order valence-electron chi connectivity index (χ4n) is 3.47. The van der Waals surface area contributed by atoms with Gasteiger partial charge in [-0.25, -0.2) is 4.79 Å². The predicted octanol–water partition coefficient (Wildman–Crippen LogP) is 3.36. The van der Waals surface area contributed by atoms with Crippen LogP contribution in [-0.2, 0) is 9.53 Å². The molecule has 2 heterocycles. The van der Waals surface area contributed by atoms with Crippen molar-refractivity contribution in [3.63, 3.8) is 0 Å². The van der Waals surface area contributed by atoms with Crippen molar-refractivity contribution in [1.82, 2.24) is 0 Å². The van der Waals surface area contributed by atoms with Gasteiger partial charge < -0.3 is 14.4 Å². The maximum Gasteiger partial charge on any atom is 0.335 e. The standard InChI is InChI=1S/C19H16N2O5/c1-25-19(22)15-11-20-16-4-2-3-5-17(16)26-18(20)10-14(15)12-6-8-13(9-7-12)21(23)24/h2-9,11,14,18H,10H2,1H3/t14-,18+/m0/s1. The van der Waals surface area contributed by atoms with Crippen molar-refractivity contribution >= 4 is 17.3 Å². The topological polar surface area (TPSA) is 81.9 Å². The summed E-state index contributed by atoms with van der Waals surface area (Å²) in [5, 5.41) is 10.9. The molecule has 0 saturated heterocycles. The van der Waals surface area contributed by atoms with Gasteiger partial charge in [0.05, 0.1) is 23.3 Å². The Bertz CT molecular complexity index is 906. The smallest absolute Gasteiger partial charge is 0.335 e. The van der Waals surface area contributed by atoms with Gasteiger partial charge in [-0.1, -0.05) is 24.3 Å². The van der Waals surface area contributed by atoms with Crippen LogP contribution in [-0.4, -0.2) is 24.2 Å². The maximum absolute atomic E-state index is 12.4. The number of carbonyl (C=O) groups is 1. The highest BCUT2D eigenvalue weighted by Crippen LogP contribution is 2.45. The third kappa shape index (κ3) is 2.57. The van der Waals surface area contributed by atoms with Gasteiger partial charge in [0.2, 0.25) is 0 Å². The Morgan fingerprint density at radius 1 is 1.23 bits per heavy atom. The van der Waals surface area contributed by atoms with Crippen molar-refractivity contribution in [3.05, 3.63) is 76.0 Å². The van der Waals surface area contributed by atoms with Crippen LogP contribution in [0.5, 0.6) is 5.75 Å². The first kappa shape index (κ1) is 16.1. The Balaban J connectivity index is 1.73. The van der Waals surface area contributed by atoms with Gasteiger partial charge in [0.25, 0.3) is 5.69 Å². The quantitative estimate of drug-likeness (QED) is 0.479. The molecule has 0 amide bonds. The van der Waals surface area contributed by atoms with E-state index in [1.165, 1.54) is 19.2 Å². The third-order valence-corrected chi connectivity index (χ3v) is 4.73. The van der Waals surface area contributed by atoms with Crippen molar-refractivity contribution in [1.29, 1.82) is 0 Å². The monoisotopic (exact) mass is 352 g/mol. The van der Waals surface area contributed by atoms with E-state index in [9.17, 15) is 14.9 Å². The predicted molar refractivity (Wildman–Crippen MR) is 93.9 cm³/mol. The van der Waals surface area contributed by atoms with Gasteiger partial charge in [-0.15, -0.1) is 0 Å². The van der Waals surface area contributed by atoms with Crippen molar-refractivity contribution in [2.75, 3.05) is 12.0 Å². The van der Waals surface area contributed by atoms with Gasteiger partial charge in [-0.3, -0.25) is 10.1 Å². The van der Waals surface area contributed by atoms with Crippen LogP contribution in [0.1, 0.15) is 17.9 Å². The van der Waals surface area contributed by atoms with Crippen LogP contribution in [0.15, 0.2) is 60.3 Å². The number of nitro benzene ring substituents is 1. The molecule has 2 atom stereocenters. The van der Waals surface area contributed by atoms with E-state index >= 15 is 0 Å². The molecule has 26 heavy (non-hydrogen) atoms. The van der Waals surface area contributed by atoms with E-state index in [2.05, 4.69) is 0 Å². The number of nitro groups is 1. The van der Waals surface area contributed by atoms with Crippen molar-refractivity contribution in [2.45, 2.75) is 18.6 Å². The molecule has 0 unspecified atom stereocenters. The molecular weight excluding hydrogens is 336 g/mol. The molecule has 2 aliphatic heterocycles. The van der Waals surface area contributed by atoms with Gasteiger partial charge in [0.1, 0.15) is 5.75 Å². The summed E-state index contributed by atoms with van der Waals surface area (Å²) in [6.07, 6.45) is 2.06. The lowest BCUT2D eigenvalue weighted by Crippen LogP contribution is -2.38. The van der Waals surface area contributed by atoms with Crippen LogP contribution in [0.4, 0.5) is 11.4 Å². The number of nitrogens with zero attached hydrogens (tertiary/aromatic N) is 2. The number of hydrogen-bond donors (Lipinski definition) is 0. The van der Waals surface area contributed by atoms with Gasteiger partial charge in [0, 0.05) is 30.7 Å². The number of ether oxygens (including phenoxy) is 2. The summed E-state index contributed by atoms with van der Waals surface area (Å²) < 4.78 is 11.0. The van der Waals surface area contributed by atoms with Crippen LogP contribution >= 0.6 is 0 Å². The number of methoxy groups -OCH3 is 1. The molecule has 4 rings (SSSR count). The maximum atomic E-state index is 12.4. The summed E-state index contributed by atoms with van der Waals surface area (Å²) >= 11 is 0.